The Balaban J connectivity index is 1.50. The van der Waals surface area contributed by atoms with Gasteiger partial charge in [0.2, 0.25) is 5.88 Å². The Morgan fingerprint density at radius 1 is 1.03 bits per heavy atom. The Labute approximate surface area is 179 Å². The van der Waals surface area contributed by atoms with Crippen molar-refractivity contribution in [1.29, 1.82) is 0 Å². The predicted molar refractivity (Wildman–Crippen MR) is 115 cm³/mol. The lowest BCUT2D eigenvalue weighted by molar-refractivity contribution is 0.0727. The van der Waals surface area contributed by atoms with Gasteiger partial charge in [0.15, 0.2) is 5.82 Å². The number of carbonyl (C=O) groups excluding carboxylic acids is 2. The van der Waals surface area contributed by atoms with Crippen LogP contribution in [0.3, 0.4) is 0 Å². The second-order valence-electron chi connectivity index (χ2n) is 7.51. The van der Waals surface area contributed by atoms with Crippen LogP contribution in [0, 0.1) is 0 Å². The van der Waals surface area contributed by atoms with Gasteiger partial charge in [-0.2, -0.15) is 4.98 Å². The first kappa shape index (κ1) is 19.0. The number of hydrogen-bond acceptors (Lipinski definition) is 6. The molecule has 8 nitrogen and oxygen atoms in total. The quantitative estimate of drug-likeness (QED) is 0.677. The van der Waals surface area contributed by atoms with Gasteiger partial charge in [0.05, 0.1) is 6.54 Å². The fraction of sp³-hybridized carbons (Fsp3) is 0.217. The molecule has 3 heterocycles. The summed E-state index contributed by atoms with van der Waals surface area (Å²) >= 11 is 0. The van der Waals surface area contributed by atoms with Crippen molar-refractivity contribution in [3.63, 3.8) is 0 Å². The van der Waals surface area contributed by atoms with E-state index in [-0.39, 0.29) is 29.1 Å². The normalized spacial score (nSPS) is 15.4. The number of nitrogens with two attached hydrogens (primary N) is 1. The van der Waals surface area contributed by atoms with Crippen LogP contribution < -0.4 is 15.8 Å². The summed E-state index contributed by atoms with van der Waals surface area (Å²) in [6.45, 7) is 1.74. The van der Waals surface area contributed by atoms with Gasteiger partial charge in [0, 0.05) is 24.2 Å². The molecule has 2 amide bonds. The van der Waals surface area contributed by atoms with Crippen LogP contribution in [0.15, 0.2) is 48.5 Å². The van der Waals surface area contributed by atoms with Gasteiger partial charge < -0.3 is 20.7 Å². The van der Waals surface area contributed by atoms with Gasteiger partial charge in [0.25, 0.3) is 11.8 Å². The molecule has 3 aromatic rings. The first-order valence-corrected chi connectivity index (χ1v) is 10.2. The van der Waals surface area contributed by atoms with Gasteiger partial charge >= 0.3 is 0 Å². The van der Waals surface area contributed by atoms with E-state index in [0.717, 1.165) is 28.7 Å². The maximum atomic E-state index is 13.0. The zero-order valence-corrected chi connectivity index (χ0v) is 16.8. The molecule has 2 aliphatic rings. The van der Waals surface area contributed by atoms with Gasteiger partial charge in [0.1, 0.15) is 18.0 Å². The molecule has 0 saturated carbocycles. The van der Waals surface area contributed by atoms with E-state index < -0.39 is 0 Å². The molecule has 0 spiro atoms. The van der Waals surface area contributed by atoms with Gasteiger partial charge in [-0.25, -0.2) is 4.98 Å². The van der Waals surface area contributed by atoms with Crippen molar-refractivity contribution >= 4 is 17.6 Å². The number of hydrogen-bond donors (Lipinski definition) is 2. The molecule has 2 aliphatic heterocycles. The fourth-order valence-electron chi connectivity index (χ4n) is 4.00. The minimum Gasteiger partial charge on any atom is -0.475 e. The molecule has 0 bridgehead atoms. The van der Waals surface area contributed by atoms with E-state index in [1.54, 1.807) is 0 Å². The van der Waals surface area contributed by atoms with E-state index in [2.05, 4.69) is 15.3 Å². The van der Waals surface area contributed by atoms with Crippen molar-refractivity contribution in [2.45, 2.75) is 13.0 Å². The molecule has 1 aromatic heterocycles. The van der Waals surface area contributed by atoms with E-state index in [0.29, 0.717) is 32.1 Å². The summed E-state index contributed by atoms with van der Waals surface area (Å²) in [5.41, 5.74) is 9.71. The highest BCUT2D eigenvalue weighted by molar-refractivity contribution is 6.01. The summed E-state index contributed by atoms with van der Waals surface area (Å²) in [5.74, 6) is 0.278. The Bertz CT molecular complexity index is 1190. The third-order valence-electron chi connectivity index (χ3n) is 5.56. The number of nitrogens with zero attached hydrogens (tertiary/aromatic N) is 3. The predicted octanol–water partition coefficient (Wildman–Crippen LogP) is 2.05. The lowest BCUT2D eigenvalue weighted by Gasteiger charge is -2.29. The Hall–Kier alpha value is -3.94. The minimum atomic E-state index is -0.345. The number of ether oxygens (including phenoxy) is 1. The zero-order chi connectivity index (χ0) is 21.4. The largest absolute Gasteiger partial charge is 0.475 e. The molecule has 3 N–H and O–H groups in total. The lowest BCUT2D eigenvalue weighted by atomic mass is 9.98. The van der Waals surface area contributed by atoms with Gasteiger partial charge in [-0.15, -0.1) is 0 Å². The Kier molecular flexibility index (Phi) is 4.74. The summed E-state index contributed by atoms with van der Waals surface area (Å²) in [5, 5.41) is 2.71. The van der Waals surface area contributed by atoms with Crippen LogP contribution in [0.1, 0.15) is 31.8 Å². The molecule has 0 radical (unpaired) electrons. The first-order valence-electron chi connectivity index (χ1n) is 10.2. The number of rotatable bonds is 3. The van der Waals surface area contributed by atoms with Crippen LogP contribution in [0.2, 0.25) is 0 Å². The molecule has 0 aliphatic carbocycles. The SMILES string of the molecule is Nc1nc(-c2ccccc2CN2CCc3ccccc3C2=O)nc2c1C(=O)NCCO2. The molecular weight excluding hydrogens is 394 g/mol. The van der Waals surface area contributed by atoms with E-state index >= 15 is 0 Å². The van der Waals surface area contributed by atoms with E-state index in [4.69, 9.17) is 10.5 Å². The summed E-state index contributed by atoms with van der Waals surface area (Å²) < 4.78 is 5.63. The van der Waals surface area contributed by atoms with Crippen LogP contribution >= 0.6 is 0 Å². The number of nitrogen functional groups attached to an aromatic ring is 1. The van der Waals surface area contributed by atoms with Crippen LogP contribution in [0.4, 0.5) is 5.82 Å². The van der Waals surface area contributed by atoms with Crippen molar-refractivity contribution in [3.8, 4) is 17.3 Å². The van der Waals surface area contributed by atoms with Crippen molar-refractivity contribution < 1.29 is 14.3 Å². The third kappa shape index (κ3) is 3.46. The molecule has 8 heteroatoms. The first-order chi connectivity index (χ1) is 15.1. The second-order valence-corrected chi connectivity index (χ2v) is 7.51. The van der Waals surface area contributed by atoms with E-state index in [9.17, 15) is 9.59 Å². The Morgan fingerprint density at radius 3 is 2.68 bits per heavy atom. The fourth-order valence-corrected chi connectivity index (χ4v) is 4.00. The van der Waals surface area contributed by atoms with Gasteiger partial charge in [-0.05, 0) is 23.6 Å². The standard InChI is InChI=1S/C23H21N5O3/c24-19-18-21(29)25-10-12-31-22(18)27-20(26-19)16-7-3-2-6-15(16)13-28-11-9-14-5-1-4-8-17(14)23(28)30/h1-8H,9-13H2,(H,25,29)(H2,24,26,27). The topological polar surface area (TPSA) is 110 Å². The minimum absolute atomic E-state index is 0.0130. The lowest BCUT2D eigenvalue weighted by Crippen LogP contribution is -2.37. The van der Waals surface area contributed by atoms with E-state index in [1.165, 1.54) is 0 Å². The molecule has 156 valence electrons. The van der Waals surface area contributed by atoms with Crippen molar-refractivity contribution in [2.24, 2.45) is 0 Å². The number of aromatic nitrogens is 2. The second kappa shape index (κ2) is 7.71. The molecule has 0 saturated heterocycles. The molecule has 0 unspecified atom stereocenters. The molecule has 5 rings (SSSR count). The molecule has 2 aromatic carbocycles. The number of anilines is 1. The highest BCUT2D eigenvalue weighted by atomic mass is 16.5. The number of amides is 2. The maximum Gasteiger partial charge on any atom is 0.260 e. The average molecular weight is 415 g/mol. The molecule has 31 heavy (non-hydrogen) atoms. The Morgan fingerprint density at radius 2 is 1.81 bits per heavy atom. The van der Waals surface area contributed by atoms with Crippen molar-refractivity contribution in [3.05, 3.63) is 70.8 Å². The van der Waals surface area contributed by atoms with Gasteiger partial charge in [-0.3, -0.25) is 9.59 Å². The maximum absolute atomic E-state index is 13.0. The number of benzene rings is 2. The zero-order valence-electron chi connectivity index (χ0n) is 16.8. The summed E-state index contributed by atoms with van der Waals surface area (Å²) in [6, 6.07) is 15.3. The smallest absolute Gasteiger partial charge is 0.260 e. The van der Waals surface area contributed by atoms with Crippen molar-refractivity contribution in [2.75, 3.05) is 25.4 Å². The summed E-state index contributed by atoms with van der Waals surface area (Å²) in [4.78, 5) is 35.9. The highest BCUT2D eigenvalue weighted by Crippen LogP contribution is 2.30. The number of fused-ring (bicyclic) bond motifs is 2. The van der Waals surface area contributed by atoms with Crippen LogP contribution in [0.25, 0.3) is 11.4 Å². The van der Waals surface area contributed by atoms with Crippen LogP contribution in [-0.2, 0) is 13.0 Å². The highest BCUT2D eigenvalue weighted by Gasteiger charge is 2.27. The molecular formula is C23H21N5O3. The summed E-state index contributed by atoms with van der Waals surface area (Å²) in [7, 11) is 0. The van der Waals surface area contributed by atoms with Gasteiger partial charge in [-0.1, -0.05) is 42.5 Å². The summed E-state index contributed by atoms with van der Waals surface area (Å²) in [6.07, 6.45) is 0.815. The van der Waals surface area contributed by atoms with Crippen LogP contribution in [0.5, 0.6) is 5.88 Å². The van der Waals surface area contributed by atoms with Crippen LogP contribution in [-0.4, -0.2) is 46.4 Å². The third-order valence-corrected chi connectivity index (χ3v) is 5.56. The average Bonchev–Trinajstić information content (AvgIpc) is 2.97. The number of nitrogens with one attached hydrogen (secondary N) is 1. The molecule has 0 fully saturated rings. The van der Waals surface area contributed by atoms with Crippen molar-refractivity contribution in [1.82, 2.24) is 20.2 Å². The monoisotopic (exact) mass is 415 g/mol. The molecule has 0 atom stereocenters. The van der Waals surface area contributed by atoms with E-state index in [1.807, 2.05) is 53.4 Å². The number of carbonyl (C=O) groups is 2.